The molecule has 1 rings (SSSR count). The summed E-state index contributed by atoms with van der Waals surface area (Å²) in [6.45, 7) is 4.05. The average Bonchev–Trinajstić information content (AvgIpc) is 1.93. The molecule has 2 unspecified atom stereocenters. The summed E-state index contributed by atoms with van der Waals surface area (Å²) >= 11 is 3.59. The molecule has 1 aliphatic heterocycles. The minimum Gasteiger partial charge on any atom is -0.379 e. The predicted octanol–water partition coefficient (Wildman–Crippen LogP) is 2.34. The van der Waals surface area contributed by atoms with Crippen LogP contribution in [0.3, 0.4) is 0 Å². The lowest BCUT2D eigenvalue weighted by atomic mass is 10.3. The van der Waals surface area contributed by atoms with Crippen molar-refractivity contribution in [1.82, 2.24) is 0 Å². The van der Waals surface area contributed by atoms with Gasteiger partial charge in [-0.3, -0.25) is 0 Å². The number of thioether (sulfide) groups is 2. The summed E-state index contributed by atoms with van der Waals surface area (Å²) < 4.78 is 0. The summed E-state index contributed by atoms with van der Waals surface area (Å²) in [6, 6.07) is 0. The van der Waals surface area contributed by atoms with Crippen molar-refractivity contribution in [2.75, 3.05) is 11.5 Å². The van der Waals surface area contributed by atoms with Gasteiger partial charge in [-0.15, -0.1) is 11.8 Å². The summed E-state index contributed by atoms with van der Waals surface area (Å²) in [4.78, 5) is -0.509. The second-order valence-electron chi connectivity index (χ2n) is 3.12. The molecule has 2 atom stereocenters. The molecule has 1 heterocycles. The number of rotatable bonds is 0. The maximum Gasteiger partial charge on any atom is 0.119 e. The van der Waals surface area contributed by atoms with Gasteiger partial charge in [-0.05, 0) is 38.2 Å². The minimum atomic E-state index is -0.509. The van der Waals surface area contributed by atoms with Gasteiger partial charge in [-0.25, -0.2) is 0 Å². The largest absolute Gasteiger partial charge is 0.379 e. The number of hydrogen-bond acceptors (Lipinski definition) is 3. The third-order valence-corrected chi connectivity index (χ3v) is 5.12. The van der Waals surface area contributed by atoms with E-state index in [1.165, 1.54) is 18.6 Å². The predicted molar refractivity (Wildman–Crippen MR) is 54.2 cm³/mol. The van der Waals surface area contributed by atoms with Gasteiger partial charge in [0.15, 0.2) is 0 Å². The van der Waals surface area contributed by atoms with Gasteiger partial charge in [0.05, 0.1) is 0 Å². The molecule has 1 N–H and O–H groups in total. The van der Waals surface area contributed by atoms with Gasteiger partial charge >= 0.3 is 0 Å². The first kappa shape index (κ1) is 9.75. The van der Waals surface area contributed by atoms with Crippen LogP contribution < -0.4 is 0 Å². The zero-order valence-corrected chi connectivity index (χ0v) is 8.80. The SMILES string of the molecule is CC1SCCCCSC1(C)O. The molecule has 0 bridgehead atoms. The van der Waals surface area contributed by atoms with Crippen LogP contribution in [0.1, 0.15) is 26.7 Å². The quantitative estimate of drug-likeness (QED) is 0.636. The van der Waals surface area contributed by atoms with Gasteiger partial charge in [0.25, 0.3) is 0 Å². The van der Waals surface area contributed by atoms with Gasteiger partial charge < -0.3 is 5.11 Å². The fraction of sp³-hybridized carbons (Fsp3) is 1.00. The minimum absolute atomic E-state index is 0.368. The Labute approximate surface area is 77.3 Å². The van der Waals surface area contributed by atoms with Gasteiger partial charge in [-0.1, -0.05) is 0 Å². The van der Waals surface area contributed by atoms with E-state index in [0.717, 1.165) is 5.75 Å². The molecule has 66 valence electrons. The lowest BCUT2D eigenvalue weighted by Crippen LogP contribution is -2.32. The van der Waals surface area contributed by atoms with Crippen LogP contribution in [0, 0.1) is 0 Å². The Bertz CT molecular complexity index is 125. The standard InChI is InChI=1S/C8H16OS2/c1-7-8(2,9)11-6-4-3-5-10-7/h7,9H,3-6H2,1-2H3. The molecule has 3 heteroatoms. The van der Waals surface area contributed by atoms with Crippen molar-refractivity contribution in [3.8, 4) is 0 Å². The van der Waals surface area contributed by atoms with Crippen molar-refractivity contribution in [2.45, 2.75) is 36.9 Å². The summed E-state index contributed by atoms with van der Waals surface area (Å²) in [5.41, 5.74) is 0. The summed E-state index contributed by atoms with van der Waals surface area (Å²) in [5, 5.41) is 10.3. The topological polar surface area (TPSA) is 20.2 Å². The Kier molecular flexibility index (Phi) is 3.59. The summed E-state index contributed by atoms with van der Waals surface area (Å²) in [5.74, 6) is 2.32. The first-order chi connectivity index (χ1) is 5.13. The van der Waals surface area contributed by atoms with Gasteiger partial charge in [0.2, 0.25) is 0 Å². The fourth-order valence-electron chi connectivity index (χ4n) is 1.02. The molecule has 1 saturated heterocycles. The zero-order valence-electron chi connectivity index (χ0n) is 7.17. The van der Waals surface area contributed by atoms with Crippen LogP contribution in [-0.4, -0.2) is 26.8 Å². The molecular formula is C8H16OS2. The average molecular weight is 192 g/mol. The highest BCUT2D eigenvalue weighted by Crippen LogP contribution is 2.35. The van der Waals surface area contributed by atoms with Gasteiger partial charge in [-0.2, -0.15) is 11.8 Å². The van der Waals surface area contributed by atoms with Crippen molar-refractivity contribution in [3.63, 3.8) is 0 Å². The lowest BCUT2D eigenvalue weighted by molar-refractivity contribution is 0.159. The highest BCUT2D eigenvalue weighted by atomic mass is 32.2. The van der Waals surface area contributed by atoms with Crippen LogP contribution in [0.5, 0.6) is 0 Å². The van der Waals surface area contributed by atoms with Crippen molar-refractivity contribution >= 4 is 23.5 Å². The van der Waals surface area contributed by atoms with E-state index >= 15 is 0 Å². The summed E-state index contributed by atoms with van der Waals surface area (Å²) in [6.07, 6.45) is 2.55. The van der Waals surface area contributed by atoms with Crippen LogP contribution in [-0.2, 0) is 0 Å². The maximum absolute atomic E-state index is 9.89. The van der Waals surface area contributed by atoms with Crippen LogP contribution >= 0.6 is 23.5 Å². The monoisotopic (exact) mass is 192 g/mol. The number of hydrogen-bond donors (Lipinski definition) is 1. The Morgan fingerprint density at radius 3 is 2.73 bits per heavy atom. The first-order valence-corrected chi connectivity index (χ1v) is 6.14. The van der Waals surface area contributed by atoms with E-state index in [2.05, 4.69) is 6.92 Å². The van der Waals surface area contributed by atoms with Crippen molar-refractivity contribution < 1.29 is 5.11 Å². The smallest absolute Gasteiger partial charge is 0.119 e. The highest BCUT2D eigenvalue weighted by molar-refractivity contribution is 8.04. The third kappa shape index (κ3) is 2.88. The molecule has 0 aromatic carbocycles. The molecule has 0 saturated carbocycles. The van der Waals surface area contributed by atoms with Gasteiger partial charge in [0.1, 0.15) is 4.93 Å². The van der Waals surface area contributed by atoms with E-state index in [4.69, 9.17) is 0 Å². The van der Waals surface area contributed by atoms with Crippen molar-refractivity contribution in [3.05, 3.63) is 0 Å². The van der Waals surface area contributed by atoms with Crippen LogP contribution in [0.4, 0.5) is 0 Å². The zero-order chi connectivity index (χ0) is 8.32. The maximum atomic E-state index is 9.89. The summed E-state index contributed by atoms with van der Waals surface area (Å²) in [7, 11) is 0. The number of aliphatic hydroxyl groups is 1. The Morgan fingerprint density at radius 1 is 1.36 bits per heavy atom. The molecule has 0 aromatic rings. The Hall–Kier alpha value is 0.660. The highest BCUT2D eigenvalue weighted by Gasteiger charge is 2.29. The molecular weight excluding hydrogens is 176 g/mol. The van der Waals surface area contributed by atoms with Crippen LogP contribution in [0.2, 0.25) is 0 Å². The molecule has 0 aromatic heterocycles. The first-order valence-electron chi connectivity index (χ1n) is 4.11. The van der Waals surface area contributed by atoms with E-state index in [-0.39, 0.29) is 0 Å². The van der Waals surface area contributed by atoms with E-state index < -0.39 is 4.93 Å². The Morgan fingerprint density at radius 2 is 2.00 bits per heavy atom. The molecule has 0 radical (unpaired) electrons. The lowest BCUT2D eigenvalue weighted by Gasteiger charge is -2.31. The van der Waals surface area contributed by atoms with Crippen molar-refractivity contribution in [1.29, 1.82) is 0 Å². The molecule has 1 aliphatic rings. The molecule has 0 aliphatic carbocycles. The molecule has 1 fully saturated rings. The van der Waals surface area contributed by atoms with Crippen LogP contribution in [0.25, 0.3) is 0 Å². The van der Waals surface area contributed by atoms with Crippen LogP contribution in [0.15, 0.2) is 0 Å². The fourth-order valence-corrected chi connectivity index (χ4v) is 3.45. The van der Waals surface area contributed by atoms with E-state index in [9.17, 15) is 5.11 Å². The Balaban J connectivity index is 2.47. The molecule has 0 amide bonds. The van der Waals surface area contributed by atoms with E-state index in [0.29, 0.717) is 5.25 Å². The van der Waals surface area contributed by atoms with E-state index in [1.807, 2.05) is 18.7 Å². The van der Waals surface area contributed by atoms with Gasteiger partial charge in [0, 0.05) is 5.25 Å². The third-order valence-electron chi connectivity index (χ3n) is 2.06. The molecule has 1 nitrogen and oxygen atoms in total. The second kappa shape index (κ2) is 4.06. The van der Waals surface area contributed by atoms with Crippen molar-refractivity contribution in [2.24, 2.45) is 0 Å². The van der Waals surface area contributed by atoms with E-state index in [1.54, 1.807) is 11.8 Å². The molecule has 11 heavy (non-hydrogen) atoms. The molecule has 0 spiro atoms. The second-order valence-corrected chi connectivity index (χ2v) is 6.10. The normalized spacial score (nSPS) is 41.2.